The van der Waals surface area contributed by atoms with Gasteiger partial charge in [0.1, 0.15) is 6.10 Å². The average Bonchev–Trinajstić information content (AvgIpc) is 2.42. The van der Waals surface area contributed by atoms with E-state index in [0.717, 1.165) is 18.4 Å². The quantitative estimate of drug-likeness (QED) is 0.808. The average molecular weight is 231 g/mol. The van der Waals surface area contributed by atoms with E-state index in [-0.39, 0.29) is 12.1 Å². The van der Waals surface area contributed by atoms with Crippen LogP contribution in [0.15, 0.2) is 42.0 Å². The van der Waals surface area contributed by atoms with E-state index in [0.29, 0.717) is 0 Å². The van der Waals surface area contributed by atoms with Crippen molar-refractivity contribution in [3.8, 4) is 0 Å². The molecule has 0 aromatic heterocycles. The largest absolute Gasteiger partial charge is 0.375 e. The number of benzene rings is 1. The highest BCUT2D eigenvalue weighted by Gasteiger charge is 2.23. The van der Waals surface area contributed by atoms with Gasteiger partial charge in [0.05, 0.1) is 6.04 Å². The van der Waals surface area contributed by atoms with Crippen LogP contribution >= 0.6 is 0 Å². The normalized spacial score (nSPS) is 19.5. The van der Waals surface area contributed by atoms with Gasteiger partial charge >= 0.3 is 0 Å². The van der Waals surface area contributed by atoms with Gasteiger partial charge in [-0.2, -0.15) is 0 Å². The minimum atomic E-state index is -0.0273. The predicted octanol–water partition coefficient (Wildman–Crippen LogP) is 3.20. The summed E-state index contributed by atoms with van der Waals surface area (Å²) in [6, 6.07) is 10.2. The molecule has 17 heavy (non-hydrogen) atoms. The molecule has 1 aromatic rings. The molecule has 1 aromatic carbocycles. The molecule has 0 heterocycles. The fourth-order valence-electron chi connectivity index (χ4n) is 2.49. The van der Waals surface area contributed by atoms with Crippen LogP contribution in [-0.4, -0.2) is 13.2 Å². The van der Waals surface area contributed by atoms with E-state index < -0.39 is 0 Å². The first-order chi connectivity index (χ1) is 8.33. The van der Waals surface area contributed by atoms with Crippen molar-refractivity contribution >= 4 is 0 Å². The van der Waals surface area contributed by atoms with E-state index in [4.69, 9.17) is 10.5 Å². The highest BCUT2D eigenvalue weighted by atomic mass is 16.5. The highest BCUT2D eigenvalue weighted by Crippen LogP contribution is 2.28. The summed E-state index contributed by atoms with van der Waals surface area (Å²) in [5.41, 5.74) is 8.86. The Morgan fingerprint density at radius 1 is 1.18 bits per heavy atom. The Balaban J connectivity index is 2.15. The predicted molar refractivity (Wildman–Crippen MR) is 70.7 cm³/mol. The van der Waals surface area contributed by atoms with Crippen molar-refractivity contribution in [3.63, 3.8) is 0 Å². The molecule has 1 aliphatic rings. The number of nitrogens with two attached hydrogens (primary N) is 1. The lowest BCUT2D eigenvalue weighted by Crippen LogP contribution is -2.32. The van der Waals surface area contributed by atoms with Gasteiger partial charge in [-0.3, -0.25) is 0 Å². The summed E-state index contributed by atoms with van der Waals surface area (Å²) in [6.07, 6.45) is 7.09. The first kappa shape index (κ1) is 12.3. The van der Waals surface area contributed by atoms with Gasteiger partial charge < -0.3 is 10.5 Å². The Morgan fingerprint density at radius 2 is 1.94 bits per heavy atom. The molecule has 2 N–H and O–H groups in total. The minimum Gasteiger partial charge on any atom is -0.375 e. The molecule has 2 nitrogen and oxygen atoms in total. The molecule has 0 radical (unpaired) electrons. The Labute approximate surface area is 103 Å². The van der Waals surface area contributed by atoms with Crippen LogP contribution in [0.2, 0.25) is 0 Å². The first-order valence-electron chi connectivity index (χ1n) is 6.35. The zero-order chi connectivity index (χ0) is 12.1. The van der Waals surface area contributed by atoms with Gasteiger partial charge in [0.2, 0.25) is 0 Å². The van der Waals surface area contributed by atoms with Gasteiger partial charge in [-0.25, -0.2) is 0 Å². The summed E-state index contributed by atoms with van der Waals surface area (Å²) < 4.78 is 5.59. The number of methoxy groups -OCH3 is 1. The number of ether oxygens (including phenoxy) is 1. The Bertz CT molecular complexity index is 372. The summed E-state index contributed by atoms with van der Waals surface area (Å²) >= 11 is 0. The molecule has 0 amide bonds. The molecular formula is C15H21NO. The topological polar surface area (TPSA) is 35.2 Å². The lowest BCUT2D eigenvalue weighted by Gasteiger charge is -2.27. The van der Waals surface area contributed by atoms with Crippen molar-refractivity contribution in [2.75, 3.05) is 7.11 Å². The second-order valence-corrected chi connectivity index (χ2v) is 4.62. The van der Waals surface area contributed by atoms with Crippen molar-refractivity contribution < 1.29 is 4.74 Å². The number of allylic oxidation sites excluding steroid dienone is 1. The molecular weight excluding hydrogens is 210 g/mol. The molecule has 0 fully saturated rings. The van der Waals surface area contributed by atoms with Gasteiger partial charge in [-0.15, -0.1) is 0 Å². The van der Waals surface area contributed by atoms with Crippen LogP contribution in [0.3, 0.4) is 0 Å². The molecule has 0 bridgehead atoms. The van der Waals surface area contributed by atoms with E-state index in [1.54, 1.807) is 7.11 Å². The van der Waals surface area contributed by atoms with Crippen molar-refractivity contribution in [2.45, 2.75) is 37.8 Å². The molecule has 92 valence electrons. The molecule has 2 heteroatoms. The van der Waals surface area contributed by atoms with Crippen molar-refractivity contribution in [1.82, 2.24) is 0 Å². The molecule has 1 aliphatic carbocycles. The Hall–Kier alpha value is -1.12. The first-order valence-corrected chi connectivity index (χ1v) is 6.35. The fraction of sp³-hybridized carbons (Fsp3) is 0.467. The molecule has 0 saturated heterocycles. The lowest BCUT2D eigenvalue weighted by molar-refractivity contribution is 0.0884. The van der Waals surface area contributed by atoms with Crippen LogP contribution < -0.4 is 5.73 Å². The van der Waals surface area contributed by atoms with Gasteiger partial charge in [0.25, 0.3) is 0 Å². The van der Waals surface area contributed by atoms with Crippen LogP contribution in [0.5, 0.6) is 0 Å². The second-order valence-electron chi connectivity index (χ2n) is 4.62. The lowest BCUT2D eigenvalue weighted by atomic mass is 9.89. The molecule has 0 spiro atoms. The van der Waals surface area contributed by atoms with Crippen LogP contribution in [0.25, 0.3) is 0 Å². The van der Waals surface area contributed by atoms with Crippen LogP contribution in [0.4, 0.5) is 0 Å². The smallest absolute Gasteiger partial charge is 0.101 e. The number of hydrogen-bond acceptors (Lipinski definition) is 2. The van der Waals surface area contributed by atoms with Gasteiger partial charge in [-0.05, 0) is 31.2 Å². The van der Waals surface area contributed by atoms with E-state index >= 15 is 0 Å². The van der Waals surface area contributed by atoms with Crippen LogP contribution in [0.1, 0.15) is 37.4 Å². The minimum absolute atomic E-state index is 0.0114. The molecule has 2 rings (SSSR count). The summed E-state index contributed by atoms with van der Waals surface area (Å²) in [4.78, 5) is 0. The van der Waals surface area contributed by atoms with Crippen molar-refractivity contribution in [2.24, 2.45) is 5.73 Å². The third-order valence-corrected chi connectivity index (χ3v) is 3.46. The van der Waals surface area contributed by atoms with Crippen LogP contribution in [-0.2, 0) is 4.74 Å². The number of rotatable bonds is 4. The van der Waals surface area contributed by atoms with E-state index in [2.05, 4.69) is 18.2 Å². The van der Waals surface area contributed by atoms with Gasteiger partial charge in [-0.1, -0.05) is 42.0 Å². The van der Waals surface area contributed by atoms with E-state index in [1.807, 2.05) is 18.2 Å². The monoisotopic (exact) mass is 231 g/mol. The zero-order valence-electron chi connectivity index (χ0n) is 10.4. The Kier molecular flexibility index (Phi) is 4.35. The fourth-order valence-corrected chi connectivity index (χ4v) is 2.49. The third-order valence-electron chi connectivity index (χ3n) is 3.46. The second kappa shape index (κ2) is 5.99. The van der Waals surface area contributed by atoms with Gasteiger partial charge in [0, 0.05) is 7.11 Å². The maximum absolute atomic E-state index is 6.34. The molecule has 2 unspecified atom stereocenters. The standard InChI is InChI=1S/C15H21NO/c1-17-15(13-10-6-3-7-11-13)14(16)12-8-4-2-5-9-12/h3,6-8,10-11,14-15H,2,4-5,9,16H2,1H3. The van der Waals surface area contributed by atoms with E-state index in [9.17, 15) is 0 Å². The summed E-state index contributed by atoms with van der Waals surface area (Å²) in [5.74, 6) is 0. The number of hydrogen-bond donors (Lipinski definition) is 1. The van der Waals surface area contributed by atoms with Gasteiger partial charge in [0.15, 0.2) is 0 Å². The third kappa shape index (κ3) is 2.96. The maximum atomic E-state index is 6.34. The summed E-state index contributed by atoms with van der Waals surface area (Å²) in [7, 11) is 1.74. The van der Waals surface area contributed by atoms with Crippen molar-refractivity contribution in [3.05, 3.63) is 47.5 Å². The maximum Gasteiger partial charge on any atom is 0.101 e. The summed E-state index contributed by atoms with van der Waals surface area (Å²) in [6.45, 7) is 0. The Morgan fingerprint density at radius 3 is 2.53 bits per heavy atom. The molecule has 0 aliphatic heterocycles. The molecule has 0 saturated carbocycles. The van der Waals surface area contributed by atoms with E-state index in [1.165, 1.54) is 18.4 Å². The van der Waals surface area contributed by atoms with Crippen molar-refractivity contribution in [1.29, 1.82) is 0 Å². The van der Waals surface area contributed by atoms with Crippen LogP contribution in [0, 0.1) is 0 Å². The zero-order valence-corrected chi connectivity index (χ0v) is 10.4. The summed E-state index contributed by atoms with van der Waals surface area (Å²) in [5, 5.41) is 0. The molecule has 2 atom stereocenters. The SMILES string of the molecule is COC(c1ccccc1)C(N)C1=CCCCC1. The highest BCUT2D eigenvalue weighted by molar-refractivity contribution is 5.24.